The molecule has 0 amide bonds. The molecule has 1 unspecified atom stereocenters. The Labute approximate surface area is 92.8 Å². The van der Waals surface area contributed by atoms with Gasteiger partial charge in [0.05, 0.1) is 13.3 Å². The van der Waals surface area contributed by atoms with Crippen molar-refractivity contribution in [1.82, 2.24) is 4.98 Å². The second kappa shape index (κ2) is 5.32. The highest BCUT2D eigenvalue weighted by Crippen LogP contribution is 2.26. The van der Waals surface area contributed by atoms with Crippen LogP contribution in [0.2, 0.25) is 0 Å². The molecule has 3 nitrogen and oxygen atoms in total. The lowest BCUT2D eigenvalue weighted by atomic mass is 10.1. The summed E-state index contributed by atoms with van der Waals surface area (Å²) in [6.07, 6.45) is 5.35. The van der Waals surface area contributed by atoms with E-state index in [9.17, 15) is 0 Å². The van der Waals surface area contributed by atoms with Crippen molar-refractivity contribution in [3.05, 3.63) is 22.4 Å². The third-order valence-corrected chi connectivity index (χ3v) is 2.72. The Kier molecular flexibility index (Phi) is 4.35. The van der Waals surface area contributed by atoms with Crippen molar-refractivity contribution in [2.45, 2.75) is 25.8 Å². The Balaban J connectivity index is 2.82. The zero-order valence-electron chi connectivity index (χ0n) is 8.46. The van der Waals surface area contributed by atoms with E-state index in [4.69, 9.17) is 10.5 Å². The lowest BCUT2D eigenvalue weighted by Crippen LogP contribution is -2.15. The molecule has 1 atom stereocenters. The molecule has 0 aromatic carbocycles. The van der Waals surface area contributed by atoms with E-state index in [2.05, 4.69) is 20.9 Å². The van der Waals surface area contributed by atoms with Crippen molar-refractivity contribution in [3.63, 3.8) is 0 Å². The van der Waals surface area contributed by atoms with Crippen LogP contribution < -0.4 is 10.5 Å². The maximum atomic E-state index is 5.71. The van der Waals surface area contributed by atoms with Gasteiger partial charge in [-0.25, -0.2) is 0 Å². The summed E-state index contributed by atoms with van der Waals surface area (Å²) in [4.78, 5) is 4.04. The van der Waals surface area contributed by atoms with Gasteiger partial charge >= 0.3 is 0 Å². The van der Waals surface area contributed by atoms with Crippen LogP contribution >= 0.6 is 15.9 Å². The summed E-state index contributed by atoms with van der Waals surface area (Å²) in [5, 5.41) is 0. The van der Waals surface area contributed by atoms with Gasteiger partial charge in [0, 0.05) is 22.3 Å². The van der Waals surface area contributed by atoms with Crippen molar-refractivity contribution in [2.75, 3.05) is 7.11 Å². The molecule has 0 bridgehead atoms. The lowest BCUT2D eigenvalue weighted by Gasteiger charge is -2.10. The highest BCUT2D eigenvalue weighted by Gasteiger charge is 2.08. The number of nitrogens with two attached hydrogens (primary N) is 1. The molecule has 14 heavy (non-hydrogen) atoms. The van der Waals surface area contributed by atoms with E-state index in [1.165, 1.54) is 0 Å². The Morgan fingerprint density at radius 1 is 1.57 bits per heavy atom. The van der Waals surface area contributed by atoms with Gasteiger partial charge in [-0.05, 0) is 35.7 Å². The average Bonchev–Trinajstić information content (AvgIpc) is 2.15. The Morgan fingerprint density at radius 2 is 2.29 bits per heavy atom. The number of hydrogen-bond acceptors (Lipinski definition) is 3. The fourth-order valence-corrected chi connectivity index (χ4v) is 1.75. The second-order valence-electron chi connectivity index (χ2n) is 3.32. The molecule has 1 aromatic rings. The minimum atomic E-state index is 0.208. The van der Waals surface area contributed by atoms with Crippen LogP contribution in [-0.4, -0.2) is 18.1 Å². The van der Waals surface area contributed by atoms with Gasteiger partial charge in [0.1, 0.15) is 5.75 Å². The van der Waals surface area contributed by atoms with E-state index in [0.29, 0.717) is 0 Å². The molecule has 0 aliphatic heterocycles. The molecule has 0 fully saturated rings. The first-order chi connectivity index (χ1) is 6.65. The number of rotatable bonds is 4. The van der Waals surface area contributed by atoms with Gasteiger partial charge in [0.15, 0.2) is 0 Å². The summed E-state index contributed by atoms with van der Waals surface area (Å²) in [6, 6.07) is 0.208. The molecule has 0 aliphatic carbocycles. The molecule has 0 aliphatic rings. The van der Waals surface area contributed by atoms with Crippen LogP contribution in [0, 0.1) is 0 Å². The normalized spacial score (nSPS) is 12.6. The molecule has 1 heterocycles. The molecular formula is C10H15BrN2O. The van der Waals surface area contributed by atoms with Crippen molar-refractivity contribution < 1.29 is 4.74 Å². The number of pyridine rings is 1. The SMILES string of the molecule is COc1cncc(Br)c1CCC(C)N. The van der Waals surface area contributed by atoms with Crippen LogP contribution in [0.25, 0.3) is 0 Å². The third kappa shape index (κ3) is 2.96. The smallest absolute Gasteiger partial charge is 0.141 e. The van der Waals surface area contributed by atoms with Crippen LogP contribution in [0.4, 0.5) is 0 Å². The third-order valence-electron chi connectivity index (χ3n) is 2.03. The molecule has 2 N–H and O–H groups in total. The first-order valence-corrected chi connectivity index (χ1v) is 5.36. The first kappa shape index (κ1) is 11.5. The van der Waals surface area contributed by atoms with E-state index in [1.807, 2.05) is 6.92 Å². The van der Waals surface area contributed by atoms with Crippen LogP contribution in [0.15, 0.2) is 16.9 Å². The van der Waals surface area contributed by atoms with Crippen LogP contribution in [-0.2, 0) is 6.42 Å². The fourth-order valence-electron chi connectivity index (χ4n) is 1.23. The maximum Gasteiger partial charge on any atom is 0.141 e. The highest BCUT2D eigenvalue weighted by atomic mass is 79.9. The standard InChI is InChI=1S/C10H15BrN2O/c1-7(12)3-4-8-9(11)5-13-6-10(8)14-2/h5-7H,3-4,12H2,1-2H3. The second-order valence-corrected chi connectivity index (χ2v) is 4.17. The number of aromatic nitrogens is 1. The van der Waals surface area contributed by atoms with Crippen molar-refractivity contribution in [3.8, 4) is 5.75 Å². The van der Waals surface area contributed by atoms with Crippen molar-refractivity contribution >= 4 is 15.9 Å². The predicted octanol–water partition coefficient (Wildman–Crippen LogP) is 2.13. The summed E-state index contributed by atoms with van der Waals surface area (Å²) in [7, 11) is 1.65. The van der Waals surface area contributed by atoms with Gasteiger partial charge in [-0.2, -0.15) is 0 Å². The van der Waals surface area contributed by atoms with Gasteiger partial charge in [0.2, 0.25) is 0 Å². The molecule has 0 spiro atoms. The zero-order chi connectivity index (χ0) is 10.6. The fraction of sp³-hybridized carbons (Fsp3) is 0.500. The predicted molar refractivity (Wildman–Crippen MR) is 60.5 cm³/mol. The highest BCUT2D eigenvalue weighted by molar-refractivity contribution is 9.10. The van der Waals surface area contributed by atoms with Gasteiger partial charge in [-0.1, -0.05) is 0 Å². The quantitative estimate of drug-likeness (QED) is 0.901. The zero-order valence-corrected chi connectivity index (χ0v) is 10.0. The van der Waals surface area contributed by atoms with Crippen molar-refractivity contribution in [2.24, 2.45) is 5.73 Å². The summed E-state index contributed by atoms with van der Waals surface area (Å²) in [5.74, 6) is 0.819. The lowest BCUT2D eigenvalue weighted by molar-refractivity contribution is 0.406. The van der Waals surface area contributed by atoms with E-state index < -0.39 is 0 Å². The summed E-state index contributed by atoms with van der Waals surface area (Å²) < 4.78 is 6.21. The van der Waals surface area contributed by atoms with Crippen LogP contribution in [0.3, 0.4) is 0 Å². The Morgan fingerprint density at radius 3 is 2.86 bits per heavy atom. The molecule has 4 heteroatoms. The topological polar surface area (TPSA) is 48.1 Å². The van der Waals surface area contributed by atoms with Crippen LogP contribution in [0.1, 0.15) is 18.9 Å². The molecule has 0 saturated heterocycles. The average molecular weight is 259 g/mol. The van der Waals surface area contributed by atoms with Gasteiger partial charge in [-0.15, -0.1) is 0 Å². The number of nitrogens with zero attached hydrogens (tertiary/aromatic N) is 1. The number of ether oxygens (including phenoxy) is 1. The minimum absolute atomic E-state index is 0.208. The monoisotopic (exact) mass is 258 g/mol. The van der Waals surface area contributed by atoms with Gasteiger partial charge in [0.25, 0.3) is 0 Å². The van der Waals surface area contributed by atoms with Crippen molar-refractivity contribution in [1.29, 1.82) is 0 Å². The molecule has 1 aromatic heterocycles. The Bertz CT molecular complexity index is 302. The molecule has 1 rings (SSSR count). The largest absolute Gasteiger partial charge is 0.495 e. The molecule has 78 valence electrons. The number of methoxy groups -OCH3 is 1. The molecule has 0 radical (unpaired) electrons. The summed E-state index contributed by atoms with van der Waals surface area (Å²) in [5.41, 5.74) is 6.85. The van der Waals surface area contributed by atoms with E-state index in [0.717, 1.165) is 28.6 Å². The maximum absolute atomic E-state index is 5.71. The van der Waals surface area contributed by atoms with E-state index in [1.54, 1.807) is 19.5 Å². The molecular weight excluding hydrogens is 244 g/mol. The number of halogens is 1. The summed E-state index contributed by atoms with van der Waals surface area (Å²) in [6.45, 7) is 2.00. The van der Waals surface area contributed by atoms with E-state index in [-0.39, 0.29) is 6.04 Å². The first-order valence-electron chi connectivity index (χ1n) is 4.57. The minimum Gasteiger partial charge on any atom is -0.495 e. The number of hydrogen-bond donors (Lipinski definition) is 1. The summed E-state index contributed by atoms with van der Waals surface area (Å²) >= 11 is 3.45. The Hall–Kier alpha value is -0.610. The van der Waals surface area contributed by atoms with Gasteiger partial charge < -0.3 is 10.5 Å². The van der Waals surface area contributed by atoms with Crippen LogP contribution in [0.5, 0.6) is 5.75 Å². The molecule has 0 saturated carbocycles. The van der Waals surface area contributed by atoms with Gasteiger partial charge in [-0.3, -0.25) is 4.98 Å². The van der Waals surface area contributed by atoms with E-state index >= 15 is 0 Å².